The largest absolute Gasteiger partial charge is 0.478 e. The third-order valence-electron chi connectivity index (χ3n) is 3.80. The summed E-state index contributed by atoms with van der Waals surface area (Å²) >= 11 is 0. The number of carboxylic acids is 2. The molecule has 10 heteroatoms. The van der Waals surface area contributed by atoms with E-state index in [1.807, 2.05) is 0 Å². The van der Waals surface area contributed by atoms with Gasteiger partial charge < -0.3 is 14.6 Å². The number of hydrogen-bond donors (Lipinski definition) is 3. The zero-order chi connectivity index (χ0) is 21.0. The van der Waals surface area contributed by atoms with E-state index in [0.717, 1.165) is 6.07 Å². The highest BCUT2D eigenvalue weighted by Gasteiger charge is 2.14. The number of anilines is 1. The fourth-order valence-corrected chi connectivity index (χ4v) is 2.42. The Balaban J connectivity index is 1.77. The number of nitrogens with zero attached hydrogens (tertiary/aromatic N) is 2. The highest BCUT2D eigenvalue weighted by atomic mass is 16.6. The lowest BCUT2D eigenvalue weighted by atomic mass is 10.0. The molecular weight excluding hydrogens is 382 g/mol. The molecule has 3 rings (SSSR count). The minimum atomic E-state index is -1.25. The number of rotatable bonds is 7. The molecule has 0 aliphatic heterocycles. The van der Waals surface area contributed by atoms with E-state index in [0.29, 0.717) is 17.0 Å². The normalized spacial score (nSPS) is 10.8. The van der Waals surface area contributed by atoms with E-state index in [2.05, 4.69) is 10.5 Å². The molecule has 1 aromatic heterocycles. The van der Waals surface area contributed by atoms with Crippen LogP contribution in [-0.4, -0.2) is 33.3 Å². The minimum Gasteiger partial charge on any atom is -0.478 e. The number of hydrazone groups is 1. The molecule has 3 aromatic rings. The third kappa shape index (κ3) is 4.63. The quantitative estimate of drug-likeness (QED) is 0.311. The van der Waals surface area contributed by atoms with E-state index in [1.54, 1.807) is 12.1 Å². The second kappa shape index (κ2) is 8.05. The van der Waals surface area contributed by atoms with Crippen LogP contribution >= 0.6 is 0 Å². The molecule has 0 radical (unpaired) electrons. The maximum Gasteiger partial charge on any atom is 0.335 e. The average molecular weight is 395 g/mol. The predicted octanol–water partition coefficient (Wildman–Crippen LogP) is 3.70. The van der Waals surface area contributed by atoms with Gasteiger partial charge in [0.15, 0.2) is 0 Å². The first-order valence-corrected chi connectivity index (χ1v) is 8.09. The van der Waals surface area contributed by atoms with Crippen LogP contribution in [0.25, 0.3) is 11.3 Å². The number of benzene rings is 2. The van der Waals surface area contributed by atoms with Crippen LogP contribution in [0, 0.1) is 10.1 Å². The van der Waals surface area contributed by atoms with Crippen LogP contribution in [0.1, 0.15) is 26.5 Å². The first-order chi connectivity index (χ1) is 13.8. The van der Waals surface area contributed by atoms with Crippen molar-refractivity contribution in [3.8, 4) is 11.3 Å². The van der Waals surface area contributed by atoms with Crippen LogP contribution in [0.2, 0.25) is 0 Å². The Morgan fingerprint density at radius 1 is 1.00 bits per heavy atom. The summed E-state index contributed by atoms with van der Waals surface area (Å²) in [5.41, 5.74) is 3.12. The highest BCUT2D eigenvalue weighted by molar-refractivity contribution is 5.96. The molecule has 10 nitrogen and oxygen atoms in total. The summed E-state index contributed by atoms with van der Waals surface area (Å²) in [6, 6.07) is 12.5. The fraction of sp³-hybridized carbons (Fsp3) is 0. The van der Waals surface area contributed by atoms with Gasteiger partial charge in [0.1, 0.15) is 11.5 Å². The number of carbonyl (C=O) groups is 2. The molecule has 2 aromatic carbocycles. The molecule has 29 heavy (non-hydrogen) atoms. The van der Waals surface area contributed by atoms with Gasteiger partial charge in [0.25, 0.3) is 5.69 Å². The molecule has 0 amide bonds. The molecule has 0 spiro atoms. The fourth-order valence-electron chi connectivity index (χ4n) is 2.42. The number of carboxylic acid groups (broad SMARTS) is 2. The topological polar surface area (TPSA) is 155 Å². The summed E-state index contributed by atoms with van der Waals surface area (Å²) in [6.45, 7) is 0. The van der Waals surface area contributed by atoms with Crippen molar-refractivity contribution in [1.29, 1.82) is 0 Å². The first kappa shape index (κ1) is 19.3. The van der Waals surface area contributed by atoms with Crippen molar-refractivity contribution in [1.82, 2.24) is 0 Å². The first-order valence-electron chi connectivity index (χ1n) is 8.09. The lowest BCUT2D eigenvalue weighted by Crippen LogP contribution is -2.02. The smallest absolute Gasteiger partial charge is 0.335 e. The Morgan fingerprint density at radius 3 is 2.17 bits per heavy atom. The summed E-state index contributed by atoms with van der Waals surface area (Å²) in [5.74, 6) is -1.91. The number of furan rings is 1. The van der Waals surface area contributed by atoms with Gasteiger partial charge in [0.2, 0.25) is 0 Å². The van der Waals surface area contributed by atoms with Crippen molar-refractivity contribution in [2.75, 3.05) is 5.43 Å². The number of aromatic carboxylic acids is 2. The summed E-state index contributed by atoms with van der Waals surface area (Å²) in [4.78, 5) is 32.5. The van der Waals surface area contributed by atoms with E-state index < -0.39 is 16.9 Å². The standard InChI is InChI=1S/C19H13N3O7/c23-18(24)12-7-11(8-13(9-12)19(25)26)17-6-5-16(29-17)10-20-21-14-1-3-15(4-2-14)22(27)28/h1-10,21H,(H,23,24)(H,25,26)/b20-10+. The molecular formula is C19H13N3O7. The molecule has 0 saturated carbocycles. The van der Waals surface area contributed by atoms with Gasteiger partial charge in [-0.3, -0.25) is 15.5 Å². The van der Waals surface area contributed by atoms with Gasteiger partial charge in [-0.2, -0.15) is 5.10 Å². The van der Waals surface area contributed by atoms with Crippen LogP contribution in [0.15, 0.2) is 64.1 Å². The van der Waals surface area contributed by atoms with Crippen LogP contribution in [-0.2, 0) is 0 Å². The molecule has 0 atom stereocenters. The van der Waals surface area contributed by atoms with Crippen molar-refractivity contribution >= 4 is 29.5 Å². The van der Waals surface area contributed by atoms with E-state index in [4.69, 9.17) is 14.6 Å². The summed E-state index contributed by atoms with van der Waals surface area (Å²) in [5, 5.41) is 32.9. The Morgan fingerprint density at radius 2 is 1.62 bits per heavy atom. The van der Waals surface area contributed by atoms with E-state index in [-0.39, 0.29) is 22.6 Å². The molecule has 0 aliphatic carbocycles. The Hall–Kier alpha value is -4.47. The molecule has 0 unspecified atom stereocenters. The highest BCUT2D eigenvalue weighted by Crippen LogP contribution is 2.25. The number of nitrogens with one attached hydrogen (secondary N) is 1. The van der Waals surface area contributed by atoms with E-state index in [9.17, 15) is 19.7 Å². The van der Waals surface area contributed by atoms with Crippen molar-refractivity contribution in [2.45, 2.75) is 0 Å². The molecule has 0 bridgehead atoms. The molecule has 1 heterocycles. The van der Waals surface area contributed by atoms with Gasteiger partial charge >= 0.3 is 11.9 Å². The Kier molecular flexibility index (Phi) is 5.35. The minimum absolute atomic E-state index is 0.0421. The number of nitro groups is 1. The van der Waals surface area contributed by atoms with Crippen molar-refractivity contribution in [2.24, 2.45) is 5.10 Å². The molecule has 3 N–H and O–H groups in total. The third-order valence-corrected chi connectivity index (χ3v) is 3.80. The predicted molar refractivity (Wildman–Crippen MR) is 102 cm³/mol. The lowest BCUT2D eigenvalue weighted by Gasteiger charge is -2.03. The molecule has 0 saturated heterocycles. The maximum absolute atomic E-state index is 11.2. The number of non-ortho nitro benzene ring substituents is 1. The summed E-state index contributed by atoms with van der Waals surface area (Å²) in [6.07, 6.45) is 1.35. The number of nitro benzene ring substituents is 1. The monoisotopic (exact) mass is 395 g/mol. The van der Waals surface area contributed by atoms with Gasteiger partial charge in [-0.05, 0) is 42.5 Å². The SMILES string of the molecule is O=C(O)c1cc(C(=O)O)cc(-c2ccc(/C=N/Nc3ccc([N+](=O)[O-])cc3)o2)c1. The van der Waals surface area contributed by atoms with Crippen LogP contribution in [0.5, 0.6) is 0 Å². The lowest BCUT2D eigenvalue weighted by molar-refractivity contribution is -0.384. The number of hydrogen-bond acceptors (Lipinski definition) is 7. The van der Waals surface area contributed by atoms with Gasteiger partial charge in [-0.1, -0.05) is 0 Å². The van der Waals surface area contributed by atoms with Crippen LogP contribution < -0.4 is 5.43 Å². The van der Waals surface area contributed by atoms with E-state index >= 15 is 0 Å². The van der Waals surface area contributed by atoms with Gasteiger partial charge in [0.05, 0.1) is 28.0 Å². The van der Waals surface area contributed by atoms with Crippen LogP contribution in [0.4, 0.5) is 11.4 Å². The van der Waals surface area contributed by atoms with Crippen molar-refractivity contribution in [3.05, 3.63) is 81.6 Å². The summed E-state index contributed by atoms with van der Waals surface area (Å²) in [7, 11) is 0. The molecule has 0 aliphatic rings. The van der Waals surface area contributed by atoms with Crippen molar-refractivity contribution < 1.29 is 29.1 Å². The Labute approximate surface area is 162 Å². The zero-order valence-corrected chi connectivity index (χ0v) is 14.6. The second-order valence-electron chi connectivity index (χ2n) is 5.79. The summed E-state index contributed by atoms with van der Waals surface area (Å²) < 4.78 is 5.56. The van der Waals surface area contributed by atoms with E-state index in [1.165, 1.54) is 42.6 Å². The van der Waals surface area contributed by atoms with Gasteiger partial charge in [-0.25, -0.2) is 9.59 Å². The Bertz CT molecular complexity index is 1080. The second-order valence-corrected chi connectivity index (χ2v) is 5.79. The zero-order valence-electron chi connectivity index (χ0n) is 14.6. The van der Waals surface area contributed by atoms with Gasteiger partial charge in [0, 0.05) is 17.7 Å². The molecule has 0 fully saturated rings. The van der Waals surface area contributed by atoms with Crippen LogP contribution in [0.3, 0.4) is 0 Å². The average Bonchev–Trinajstić information content (AvgIpc) is 3.17. The van der Waals surface area contributed by atoms with Gasteiger partial charge in [-0.15, -0.1) is 0 Å². The maximum atomic E-state index is 11.2. The molecule has 146 valence electrons. The van der Waals surface area contributed by atoms with Crippen molar-refractivity contribution in [3.63, 3.8) is 0 Å².